The molecule has 2 rings (SSSR count). The predicted octanol–water partition coefficient (Wildman–Crippen LogP) is 5.21. The smallest absolute Gasteiger partial charge is 0.0406 e. The Bertz CT molecular complexity index is 542. The summed E-state index contributed by atoms with van der Waals surface area (Å²) in [7, 11) is 0. The Morgan fingerprint density at radius 3 is 2.30 bits per heavy atom. The standard InChI is InChI=1S/C16H17ClIN.ClH/c1-11(12-5-7-14(17)8-6-12)16(10-19)13-3-2-4-15(18)9-13;/h2-9,11,16H,10,19H2,1H3;1H. The summed E-state index contributed by atoms with van der Waals surface area (Å²) in [5, 5.41) is 0.773. The van der Waals surface area contributed by atoms with E-state index in [0.717, 1.165) is 5.02 Å². The van der Waals surface area contributed by atoms with Gasteiger partial charge in [0.05, 0.1) is 0 Å². The SMILES string of the molecule is CC(c1ccc(Cl)cc1)C(CN)c1cccc(I)c1.Cl. The largest absolute Gasteiger partial charge is 0.330 e. The van der Waals surface area contributed by atoms with Crippen LogP contribution in [0.4, 0.5) is 0 Å². The molecule has 0 aromatic heterocycles. The van der Waals surface area contributed by atoms with Gasteiger partial charge in [0.25, 0.3) is 0 Å². The van der Waals surface area contributed by atoms with Gasteiger partial charge in [0.15, 0.2) is 0 Å². The second kappa shape index (κ2) is 8.23. The van der Waals surface area contributed by atoms with Crippen molar-refractivity contribution >= 4 is 46.6 Å². The van der Waals surface area contributed by atoms with Crippen molar-refractivity contribution in [1.29, 1.82) is 0 Å². The highest BCUT2D eigenvalue weighted by Crippen LogP contribution is 2.32. The van der Waals surface area contributed by atoms with Crippen molar-refractivity contribution in [2.75, 3.05) is 6.54 Å². The van der Waals surface area contributed by atoms with E-state index in [-0.39, 0.29) is 12.4 Å². The van der Waals surface area contributed by atoms with E-state index < -0.39 is 0 Å². The molecule has 0 bridgehead atoms. The third-order valence-electron chi connectivity index (χ3n) is 3.53. The molecule has 0 heterocycles. The van der Waals surface area contributed by atoms with Gasteiger partial charge in [0.1, 0.15) is 0 Å². The normalized spacial score (nSPS) is 13.4. The van der Waals surface area contributed by atoms with Gasteiger partial charge in [-0.25, -0.2) is 0 Å². The fraction of sp³-hybridized carbons (Fsp3) is 0.250. The number of hydrogen-bond donors (Lipinski definition) is 1. The van der Waals surface area contributed by atoms with E-state index in [9.17, 15) is 0 Å². The Kier molecular flexibility index (Phi) is 7.30. The van der Waals surface area contributed by atoms with E-state index >= 15 is 0 Å². The lowest BCUT2D eigenvalue weighted by atomic mass is 9.83. The minimum Gasteiger partial charge on any atom is -0.330 e. The van der Waals surface area contributed by atoms with Crippen LogP contribution in [0, 0.1) is 3.57 Å². The van der Waals surface area contributed by atoms with Crippen LogP contribution in [0.3, 0.4) is 0 Å². The zero-order valence-corrected chi connectivity index (χ0v) is 15.0. The van der Waals surface area contributed by atoms with Gasteiger partial charge in [-0.05, 0) is 70.4 Å². The van der Waals surface area contributed by atoms with Gasteiger partial charge in [0.2, 0.25) is 0 Å². The van der Waals surface area contributed by atoms with Gasteiger partial charge in [-0.1, -0.05) is 42.8 Å². The number of hydrogen-bond acceptors (Lipinski definition) is 1. The summed E-state index contributed by atoms with van der Waals surface area (Å²) in [6, 6.07) is 16.6. The highest BCUT2D eigenvalue weighted by molar-refractivity contribution is 14.1. The van der Waals surface area contributed by atoms with Gasteiger partial charge < -0.3 is 5.73 Å². The molecule has 2 aromatic rings. The van der Waals surface area contributed by atoms with Crippen LogP contribution in [0.15, 0.2) is 48.5 Å². The van der Waals surface area contributed by atoms with Crippen LogP contribution in [0.1, 0.15) is 29.9 Å². The van der Waals surface area contributed by atoms with Crippen molar-refractivity contribution in [1.82, 2.24) is 0 Å². The lowest BCUT2D eigenvalue weighted by Crippen LogP contribution is -2.18. The second-order valence-corrected chi connectivity index (χ2v) is 6.42. The van der Waals surface area contributed by atoms with Crippen LogP contribution in [0.25, 0.3) is 0 Å². The van der Waals surface area contributed by atoms with Crippen molar-refractivity contribution in [2.45, 2.75) is 18.8 Å². The van der Waals surface area contributed by atoms with Crippen molar-refractivity contribution < 1.29 is 0 Å². The summed E-state index contributed by atoms with van der Waals surface area (Å²) in [5.41, 5.74) is 8.57. The topological polar surface area (TPSA) is 26.0 Å². The van der Waals surface area contributed by atoms with Crippen LogP contribution in [0.5, 0.6) is 0 Å². The predicted molar refractivity (Wildman–Crippen MR) is 98.1 cm³/mol. The molecular formula is C16H18Cl2IN. The maximum Gasteiger partial charge on any atom is 0.0406 e. The highest BCUT2D eigenvalue weighted by atomic mass is 127. The Morgan fingerprint density at radius 2 is 1.75 bits per heavy atom. The zero-order valence-electron chi connectivity index (χ0n) is 11.2. The molecule has 0 saturated carbocycles. The van der Waals surface area contributed by atoms with E-state index in [1.54, 1.807) is 0 Å². The zero-order chi connectivity index (χ0) is 13.8. The molecule has 0 aliphatic carbocycles. The van der Waals surface area contributed by atoms with Gasteiger partial charge in [-0.15, -0.1) is 12.4 Å². The average molecular weight is 422 g/mol. The van der Waals surface area contributed by atoms with Crippen molar-refractivity contribution in [3.63, 3.8) is 0 Å². The summed E-state index contributed by atoms with van der Waals surface area (Å²) in [6.07, 6.45) is 0. The lowest BCUT2D eigenvalue weighted by Gasteiger charge is -2.23. The maximum absolute atomic E-state index is 5.99. The summed E-state index contributed by atoms with van der Waals surface area (Å²) < 4.78 is 1.25. The average Bonchev–Trinajstić information content (AvgIpc) is 2.40. The molecule has 2 atom stereocenters. The summed E-state index contributed by atoms with van der Waals surface area (Å²) in [5.74, 6) is 0.705. The second-order valence-electron chi connectivity index (χ2n) is 4.74. The molecule has 0 radical (unpaired) electrons. The summed E-state index contributed by atoms with van der Waals surface area (Å²) in [6.45, 7) is 2.87. The first-order valence-electron chi connectivity index (χ1n) is 6.33. The van der Waals surface area contributed by atoms with Crippen molar-refractivity contribution in [3.05, 3.63) is 68.3 Å². The van der Waals surface area contributed by atoms with Crippen LogP contribution in [-0.2, 0) is 0 Å². The molecule has 4 heteroatoms. The minimum atomic E-state index is 0. The van der Waals surface area contributed by atoms with Gasteiger partial charge in [0, 0.05) is 14.5 Å². The third kappa shape index (κ3) is 4.35. The fourth-order valence-electron chi connectivity index (χ4n) is 2.36. The fourth-order valence-corrected chi connectivity index (χ4v) is 3.06. The van der Waals surface area contributed by atoms with Crippen LogP contribution in [0.2, 0.25) is 5.02 Å². The molecule has 2 aromatic carbocycles. The molecule has 0 aliphatic heterocycles. The maximum atomic E-state index is 5.99. The van der Waals surface area contributed by atoms with Gasteiger partial charge in [-0.2, -0.15) is 0 Å². The molecule has 1 nitrogen and oxygen atoms in total. The van der Waals surface area contributed by atoms with E-state index in [1.807, 2.05) is 12.1 Å². The van der Waals surface area contributed by atoms with Gasteiger partial charge >= 0.3 is 0 Å². The van der Waals surface area contributed by atoms with Crippen LogP contribution >= 0.6 is 46.6 Å². The molecule has 0 spiro atoms. The number of halogens is 3. The highest BCUT2D eigenvalue weighted by Gasteiger charge is 2.19. The summed E-state index contributed by atoms with van der Waals surface area (Å²) >= 11 is 8.28. The van der Waals surface area contributed by atoms with E-state index in [0.29, 0.717) is 18.4 Å². The monoisotopic (exact) mass is 421 g/mol. The number of benzene rings is 2. The lowest BCUT2D eigenvalue weighted by molar-refractivity contribution is 0.584. The first-order chi connectivity index (χ1) is 9.11. The van der Waals surface area contributed by atoms with Crippen LogP contribution in [-0.4, -0.2) is 6.54 Å². The van der Waals surface area contributed by atoms with E-state index in [1.165, 1.54) is 14.7 Å². The number of nitrogens with two attached hydrogens (primary N) is 1. The molecule has 0 saturated heterocycles. The molecule has 0 amide bonds. The Hall–Kier alpha value is -0.290. The molecule has 0 fully saturated rings. The molecular weight excluding hydrogens is 404 g/mol. The third-order valence-corrected chi connectivity index (χ3v) is 4.45. The Balaban J connectivity index is 0.00000200. The van der Waals surface area contributed by atoms with E-state index in [2.05, 4.69) is 65.9 Å². The molecule has 0 aliphatic rings. The molecule has 2 unspecified atom stereocenters. The summed E-state index contributed by atoms with van der Waals surface area (Å²) in [4.78, 5) is 0. The first kappa shape index (κ1) is 17.8. The molecule has 108 valence electrons. The minimum absolute atomic E-state index is 0. The van der Waals surface area contributed by atoms with Crippen molar-refractivity contribution in [2.24, 2.45) is 5.73 Å². The van der Waals surface area contributed by atoms with E-state index in [4.69, 9.17) is 17.3 Å². The first-order valence-corrected chi connectivity index (χ1v) is 7.78. The van der Waals surface area contributed by atoms with Crippen molar-refractivity contribution in [3.8, 4) is 0 Å². The molecule has 2 N–H and O–H groups in total. The van der Waals surface area contributed by atoms with Crippen LogP contribution < -0.4 is 5.73 Å². The van der Waals surface area contributed by atoms with Gasteiger partial charge in [-0.3, -0.25) is 0 Å². The molecule has 20 heavy (non-hydrogen) atoms. The number of rotatable bonds is 4. The quantitative estimate of drug-likeness (QED) is 0.673. The Morgan fingerprint density at radius 1 is 1.10 bits per heavy atom. The Labute approximate surface area is 145 Å².